The molecule has 25 heavy (non-hydrogen) atoms. The van der Waals surface area contributed by atoms with Gasteiger partial charge in [0.2, 0.25) is 11.8 Å². The van der Waals surface area contributed by atoms with E-state index in [1.165, 1.54) is 0 Å². The number of carbonyl (C=O) groups is 2. The lowest BCUT2D eigenvalue weighted by Gasteiger charge is -2.37. The molecule has 0 bridgehead atoms. The molecule has 0 radical (unpaired) electrons. The van der Waals surface area contributed by atoms with Crippen molar-refractivity contribution in [3.8, 4) is 0 Å². The first-order chi connectivity index (χ1) is 12.0. The van der Waals surface area contributed by atoms with Crippen molar-refractivity contribution in [2.75, 3.05) is 46.3 Å². The lowest BCUT2D eigenvalue weighted by Crippen LogP contribution is -2.51. The number of amides is 2. The van der Waals surface area contributed by atoms with E-state index >= 15 is 0 Å². The van der Waals surface area contributed by atoms with Crippen LogP contribution in [-0.2, 0) is 16.0 Å². The molecule has 2 aliphatic heterocycles. The number of nitrogens with zero attached hydrogens (tertiary/aromatic N) is 4. The van der Waals surface area contributed by atoms with E-state index in [-0.39, 0.29) is 17.7 Å². The fourth-order valence-electron chi connectivity index (χ4n) is 3.68. The Labute approximate surface area is 148 Å². The Balaban J connectivity index is 1.50. The third-order valence-corrected chi connectivity index (χ3v) is 5.52. The molecule has 0 aliphatic carbocycles. The molecule has 7 heteroatoms. The second-order valence-electron chi connectivity index (χ2n) is 7.26. The van der Waals surface area contributed by atoms with Crippen molar-refractivity contribution in [2.45, 2.75) is 33.1 Å². The molecule has 0 aromatic carbocycles. The summed E-state index contributed by atoms with van der Waals surface area (Å²) in [6, 6.07) is 0. The summed E-state index contributed by atoms with van der Waals surface area (Å²) in [5.41, 5.74) is 1.67. The molecule has 0 saturated carbocycles. The van der Waals surface area contributed by atoms with Crippen molar-refractivity contribution in [1.29, 1.82) is 0 Å². The lowest BCUT2D eigenvalue weighted by atomic mass is 9.94. The van der Waals surface area contributed by atoms with Crippen LogP contribution in [0.5, 0.6) is 0 Å². The molecule has 3 heterocycles. The zero-order valence-corrected chi connectivity index (χ0v) is 15.5. The second kappa shape index (κ2) is 7.56. The predicted octanol–water partition coefficient (Wildman–Crippen LogP) is 0.847. The van der Waals surface area contributed by atoms with Crippen LogP contribution in [0.15, 0.2) is 4.52 Å². The van der Waals surface area contributed by atoms with Crippen LogP contribution in [-0.4, -0.2) is 78.0 Å². The first-order valence-electron chi connectivity index (χ1n) is 9.12. The molecule has 138 valence electrons. The summed E-state index contributed by atoms with van der Waals surface area (Å²) in [5, 5.41) is 3.91. The van der Waals surface area contributed by atoms with Gasteiger partial charge >= 0.3 is 0 Å². The van der Waals surface area contributed by atoms with Crippen molar-refractivity contribution in [2.24, 2.45) is 5.92 Å². The monoisotopic (exact) mass is 348 g/mol. The molecule has 7 nitrogen and oxygen atoms in total. The van der Waals surface area contributed by atoms with Gasteiger partial charge in [-0.3, -0.25) is 9.59 Å². The molecule has 3 rings (SSSR count). The van der Waals surface area contributed by atoms with Gasteiger partial charge in [0.25, 0.3) is 0 Å². The molecule has 2 saturated heterocycles. The van der Waals surface area contributed by atoms with Crippen LogP contribution in [0.4, 0.5) is 0 Å². The van der Waals surface area contributed by atoms with E-state index in [4.69, 9.17) is 4.52 Å². The number of aryl methyl sites for hydroxylation is 2. The first kappa shape index (κ1) is 17.9. The summed E-state index contributed by atoms with van der Waals surface area (Å²) < 4.78 is 5.13. The largest absolute Gasteiger partial charge is 0.361 e. The van der Waals surface area contributed by atoms with Gasteiger partial charge in [-0.25, -0.2) is 0 Å². The van der Waals surface area contributed by atoms with Crippen LogP contribution in [0.1, 0.15) is 29.9 Å². The van der Waals surface area contributed by atoms with Gasteiger partial charge in [-0.1, -0.05) is 5.16 Å². The fraction of sp³-hybridized carbons (Fsp3) is 0.722. The number of carbonyl (C=O) groups excluding carboxylic acids is 2. The van der Waals surface area contributed by atoms with E-state index in [1.807, 2.05) is 23.6 Å². The minimum atomic E-state index is 0.0616. The van der Waals surface area contributed by atoms with Gasteiger partial charge in [-0.15, -0.1) is 0 Å². The third-order valence-electron chi connectivity index (χ3n) is 5.52. The minimum Gasteiger partial charge on any atom is -0.361 e. The van der Waals surface area contributed by atoms with Gasteiger partial charge in [0, 0.05) is 50.7 Å². The van der Waals surface area contributed by atoms with Gasteiger partial charge in [0.15, 0.2) is 0 Å². The topological polar surface area (TPSA) is 69.9 Å². The highest BCUT2D eigenvalue weighted by Gasteiger charge is 2.31. The molecule has 0 unspecified atom stereocenters. The zero-order valence-electron chi connectivity index (χ0n) is 15.5. The quantitative estimate of drug-likeness (QED) is 0.810. The Hall–Kier alpha value is -1.89. The Bertz CT molecular complexity index is 607. The normalized spacial score (nSPS) is 20.1. The molecular weight excluding hydrogens is 320 g/mol. The summed E-state index contributed by atoms with van der Waals surface area (Å²) in [4.78, 5) is 31.3. The Kier molecular flexibility index (Phi) is 5.42. The predicted molar refractivity (Wildman–Crippen MR) is 93.1 cm³/mol. The van der Waals surface area contributed by atoms with E-state index < -0.39 is 0 Å². The molecule has 2 fully saturated rings. The number of hydrogen-bond acceptors (Lipinski definition) is 5. The van der Waals surface area contributed by atoms with Crippen molar-refractivity contribution in [1.82, 2.24) is 19.9 Å². The molecule has 1 aromatic rings. The maximum atomic E-state index is 12.7. The van der Waals surface area contributed by atoms with Crippen LogP contribution in [0, 0.1) is 19.8 Å². The SMILES string of the molecule is Cc1noc(C)c1CC(=O)N1CCC(C(=O)N2CCN(C)CC2)CC1. The number of piperidine rings is 1. The van der Waals surface area contributed by atoms with Gasteiger partial charge < -0.3 is 19.2 Å². The van der Waals surface area contributed by atoms with Gasteiger partial charge in [-0.2, -0.15) is 0 Å². The number of aromatic nitrogens is 1. The number of likely N-dealkylation sites (tertiary alicyclic amines) is 1. The van der Waals surface area contributed by atoms with Crippen molar-refractivity contribution >= 4 is 11.8 Å². The number of rotatable bonds is 3. The molecule has 0 atom stereocenters. The van der Waals surface area contributed by atoms with E-state index in [9.17, 15) is 9.59 Å². The van der Waals surface area contributed by atoms with Gasteiger partial charge in [0.05, 0.1) is 12.1 Å². The number of likely N-dealkylation sites (N-methyl/N-ethyl adjacent to an activating group) is 1. The standard InChI is InChI=1S/C18H28N4O3/c1-13-16(14(2)25-19-13)12-17(23)21-6-4-15(5-7-21)18(24)22-10-8-20(3)9-11-22/h15H,4-12H2,1-3H3. The highest BCUT2D eigenvalue weighted by atomic mass is 16.5. The molecule has 1 aromatic heterocycles. The fourth-order valence-corrected chi connectivity index (χ4v) is 3.68. The van der Waals surface area contributed by atoms with E-state index in [0.717, 1.165) is 50.3 Å². The Morgan fingerprint density at radius 3 is 2.24 bits per heavy atom. The van der Waals surface area contributed by atoms with E-state index in [0.29, 0.717) is 25.3 Å². The summed E-state index contributed by atoms with van der Waals surface area (Å²) in [6.07, 6.45) is 1.86. The van der Waals surface area contributed by atoms with Crippen LogP contribution in [0.3, 0.4) is 0 Å². The Morgan fingerprint density at radius 2 is 1.68 bits per heavy atom. The molecule has 0 N–H and O–H groups in total. The van der Waals surface area contributed by atoms with E-state index in [2.05, 4.69) is 17.1 Å². The number of piperazine rings is 1. The van der Waals surface area contributed by atoms with Gasteiger partial charge in [-0.05, 0) is 33.7 Å². The van der Waals surface area contributed by atoms with Crippen LogP contribution in [0.2, 0.25) is 0 Å². The lowest BCUT2D eigenvalue weighted by molar-refractivity contribution is -0.141. The first-order valence-corrected chi connectivity index (χ1v) is 9.12. The molecule has 2 amide bonds. The molecule has 2 aliphatic rings. The highest BCUT2D eigenvalue weighted by molar-refractivity contribution is 5.81. The number of hydrogen-bond donors (Lipinski definition) is 0. The maximum Gasteiger partial charge on any atom is 0.227 e. The summed E-state index contributed by atoms with van der Waals surface area (Å²) >= 11 is 0. The summed E-state index contributed by atoms with van der Waals surface area (Å²) in [6.45, 7) is 8.55. The summed E-state index contributed by atoms with van der Waals surface area (Å²) in [7, 11) is 2.09. The average Bonchev–Trinajstić information content (AvgIpc) is 2.94. The van der Waals surface area contributed by atoms with Crippen LogP contribution in [0.25, 0.3) is 0 Å². The van der Waals surface area contributed by atoms with Crippen molar-refractivity contribution < 1.29 is 14.1 Å². The average molecular weight is 348 g/mol. The van der Waals surface area contributed by atoms with Crippen LogP contribution >= 0.6 is 0 Å². The minimum absolute atomic E-state index is 0.0616. The maximum absolute atomic E-state index is 12.7. The smallest absolute Gasteiger partial charge is 0.227 e. The zero-order chi connectivity index (χ0) is 18.0. The van der Waals surface area contributed by atoms with Crippen LogP contribution < -0.4 is 0 Å². The third kappa shape index (κ3) is 4.03. The van der Waals surface area contributed by atoms with Crippen molar-refractivity contribution in [3.05, 3.63) is 17.0 Å². The Morgan fingerprint density at radius 1 is 1.04 bits per heavy atom. The van der Waals surface area contributed by atoms with Crippen molar-refractivity contribution in [3.63, 3.8) is 0 Å². The van der Waals surface area contributed by atoms with Gasteiger partial charge in [0.1, 0.15) is 5.76 Å². The molecule has 0 spiro atoms. The van der Waals surface area contributed by atoms with E-state index in [1.54, 1.807) is 0 Å². The summed E-state index contributed by atoms with van der Waals surface area (Å²) in [5.74, 6) is 1.14. The highest BCUT2D eigenvalue weighted by Crippen LogP contribution is 2.22. The molecular formula is C18H28N4O3. The second-order valence-corrected chi connectivity index (χ2v) is 7.26.